The standard InChI is InChI=1S/C16H19N3O6S/c1-22-10-5-9(6-11(23-2)14(10)25-4)8-17-19-16-18-15(21)12(26-16)7-13(20)24-3/h5-8,16,19H,1-4H3,(H,18,21)/b12-7+,17-8+. The second kappa shape index (κ2) is 8.99. The van der Waals surface area contributed by atoms with Crippen molar-refractivity contribution in [1.82, 2.24) is 10.7 Å². The molecular formula is C16H19N3O6S. The Morgan fingerprint density at radius 1 is 1.19 bits per heavy atom. The Morgan fingerprint density at radius 3 is 2.38 bits per heavy atom. The van der Waals surface area contributed by atoms with Crippen LogP contribution < -0.4 is 25.0 Å². The molecule has 0 spiro atoms. The fourth-order valence-electron chi connectivity index (χ4n) is 2.08. The lowest BCUT2D eigenvalue weighted by Gasteiger charge is -2.13. The maximum atomic E-state index is 11.8. The van der Waals surface area contributed by atoms with Crippen LogP contribution in [0.4, 0.5) is 0 Å². The first kappa shape index (κ1) is 19.4. The van der Waals surface area contributed by atoms with E-state index in [4.69, 9.17) is 14.2 Å². The zero-order chi connectivity index (χ0) is 19.1. The highest BCUT2D eigenvalue weighted by atomic mass is 32.2. The van der Waals surface area contributed by atoms with Gasteiger partial charge in [0.15, 0.2) is 17.0 Å². The van der Waals surface area contributed by atoms with Gasteiger partial charge in [0.05, 0.1) is 39.6 Å². The Hall–Kier alpha value is -2.88. The van der Waals surface area contributed by atoms with Gasteiger partial charge in [0, 0.05) is 11.6 Å². The molecule has 0 aliphatic carbocycles. The normalized spacial score (nSPS) is 17.9. The Bertz CT molecular complexity index is 724. The molecular weight excluding hydrogens is 362 g/mol. The molecule has 1 fully saturated rings. The van der Waals surface area contributed by atoms with Crippen LogP contribution in [0.15, 0.2) is 28.2 Å². The van der Waals surface area contributed by atoms with Crippen molar-refractivity contribution in [3.8, 4) is 17.2 Å². The molecule has 1 amide bonds. The summed E-state index contributed by atoms with van der Waals surface area (Å²) in [5.74, 6) is 0.515. The number of hydrogen-bond acceptors (Lipinski definition) is 9. The number of thioether (sulfide) groups is 1. The Labute approximate surface area is 154 Å². The minimum Gasteiger partial charge on any atom is -0.493 e. The molecule has 0 saturated carbocycles. The number of esters is 1. The maximum absolute atomic E-state index is 11.8. The van der Waals surface area contributed by atoms with E-state index in [0.29, 0.717) is 22.8 Å². The third-order valence-electron chi connectivity index (χ3n) is 3.27. The second-order valence-corrected chi connectivity index (χ2v) is 6.00. The molecule has 9 nitrogen and oxygen atoms in total. The molecule has 0 aromatic heterocycles. The monoisotopic (exact) mass is 381 g/mol. The summed E-state index contributed by atoms with van der Waals surface area (Å²) >= 11 is 1.12. The van der Waals surface area contributed by atoms with Crippen LogP contribution in [0.1, 0.15) is 5.56 Å². The van der Waals surface area contributed by atoms with Gasteiger partial charge in [-0.15, -0.1) is 0 Å². The molecule has 1 saturated heterocycles. The number of methoxy groups -OCH3 is 4. The van der Waals surface area contributed by atoms with Crippen LogP contribution in [-0.2, 0) is 14.3 Å². The van der Waals surface area contributed by atoms with E-state index < -0.39 is 11.5 Å². The molecule has 2 rings (SSSR count). The number of nitrogens with zero attached hydrogens (tertiary/aromatic N) is 1. The molecule has 1 aromatic carbocycles. The topological polar surface area (TPSA) is 107 Å². The molecule has 26 heavy (non-hydrogen) atoms. The van der Waals surface area contributed by atoms with E-state index in [1.807, 2.05) is 0 Å². The minimum atomic E-state index is -0.593. The lowest BCUT2D eigenvalue weighted by Crippen LogP contribution is -2.34. The van der Waals surface area contributed by atoms with Gasteiger partial charge in [-0.05, 0) is 12.1 Å². The summed E-state index contributed by atoms with van der Waals surface area (Å²) < 4.78 is 20.3. The summed E-state index contributed by atoms with van der Waals surface area (Å²) in [6.07, 6.45) is 2.67. The fraction of sp³-hybridized carbons (Fsp3) is 0.312. The number of benzene rings is 1. The SMILES string of the molecule is COC(=O)/C=C1/SC(N/N=C/c2cc(OC)c(OC)c(OC)c2)NC1=O. The number of carbonyl (C=O) groups excluding carboxylic acids is 2. The van der Waals surface area contributed by atoms with Crippen LogP contribution in [0.5, 0.6) is 17.2 Å². The van der Waals surface area contributed by atoms with E-state index in [-0.39, 0.29) is 10.8 Å². The molecule has 1 aliphatic rings. The highest BCUT2D eigenvalue weighted by Crippen LogP contribution is 2.37. The Morgan fingerprint density at radius 2 is 1.85 bits per heavy atom. The first-order valence-electron chi connectivity index (χ1n) is 7.38. The van der Waals surface area contributed by atoms with E-state index in [2.05, 4.69) is 20.6 Å². The molecule has 1 aromatic rings. The van der Waals surface area contributed by atoms with Crippen LogP contribution in [-0.4, -0.2) is 52.0 Å². The molecule has 1 aliphatic heterocycles. The number of rotatable bonds is 7. The summed E-state index contributed by atoms with van der Waals surface area (Å²) in [6.45, 7) is 0. The number of ether oxygens (including phenoxy) is 4. The molecule has 1 atom stereocenters. The summed E-state index contributed by atoms with van der Waals surface area (Å²) in [7, 11) is 5.82. The van der Waals surface area contributed by atoms with Crippen LogP contribution >= 0.6 is 11.8 Å². The molecule has 1 unspecified atom stereocenters. The number of hydrazone groups is 1. The average molecular weight is 381 g/mol. The van der Waals surface area contributed by atoms with Crippen molar-refractivity contribution in [2.45, 2.75) is 5.50 Å². The molecule has 140 valence electrons. The number of amides is 1. The third kappa shape index (κ3) is 4.60. The van der Waals surface area contributed by atoms with E-state index in [1.54, 1.807) is 18.3 Å². The van der Waals surface area contributed by atoms with Crippen LogP contribution in [0.25, 0.3) is 0 Å². The molecule has 10 heteroatoms. The van der Waals surface area contributed by atoms with Gasteiger partial charge in [0.25, 0.3) is 5.91 Å². The van der Waals surface area contributed by atoms with Crippen molar-refractivity contribution in [1.29, 1.82) is 0 Å². The number of nitrogens with one attached hydrogen (secondary N) is 2. The van der Waals surface area contributed by atoms with Gasteiger partial charge in [-0.2, -0.15) is 5.10 Å². The van der Waals surface area contributed by atoms with E-state index in [1.165, 1.54) is 28.4 Å². The summed E-state index contributed by atoms with van der Waals surface area (Å²) in [4.78, 5) is 23.2. The van der Waals surface area contributed by atoms with Crippen molar-refractivity contribution in [3.05, 3.63) is 28.7 Å². The number of hydrogen-bond donors (Lipinski definition) is 2. The van der Waals surface area contributed by atoms with Gasteiger partial charge in [-0.3, -0.25) is 10.2 Å². The maximum Gasteiger partial charge on any atom is 0.331 e. The quantitative estimate of drug-likeness (QED) is 0.310. The first-order chi connectivity index (χ1) is 12.5. The summed E-state index contributed by atoms with van der Waals surface area (Å²) in [5, 5.41) is 6.73. The van der Waals surface area contributed by atoms with Gasteiger partial charge in [-0.25, -0.2) is 4.79 Å². The predicted molar refractivity (Wildman–Crippen MR) is 96.4 cm³/mol. The highest BCUT2D eigenvalue weighted by molar-refractivity contribution is 8.05. The smallest absolute Gasteiger partial charge is 0.331 e. The average Bonchev–Trinajstić information content (AvgIpc) is 2.99. The van der Waals surface area contributed by atoms with Crippen molar-refractivity contribution >= 4 is 29.9 Å². The third-order valence-corrected chi connectivity index (χ3v) is 4.29. The predicted octanol–water partition coefficient (Wildman–Crippen LogP) is 0.839. The lowest BCUT2D eigenvalue weighted by molar-refractivity contribution is -0.135. The van der Waals surface area contributed by atoms with Crippen LogP contribution in [0.2, 0.25) is 0 Å². The van der Waals surface area contributed by atoms with Gasteiger partial charge in [0.1, 0.15) is 0 Å². The van der Waals surface area contributed by atoms with Gasteiger partial charge in [0.2, 0.25) is 5.75 Å². The molecule has 0 radical (unpaired) electrons. The minimum absolute atomic E-state index is 0.248. The van der Waals surface area contributed by atoms with E-state index >= 15 is 0 Å². The molecule has 2 N–H and O–H groups in total. The van der Waals surface area contributed by atoms with Gasteiger partial charge >= 0.3 is 5.97 Å². The van der Waals surface area contributed by atoms with Crippen molar-refractivity contribution in [2.24, 2.45) is 5.10 Å². The Balaban J connectivity index is 2.06. The van der Waals surface area contributed by atoms with Gasteiger partial charge in [-0.1, -0.05) is 11.8 Å². The van der Waals surface area contributed by atoms with Crippen LogP contribution in [0.3, 0.4) is 0 Å². The molecule has 1 heterocycles. The van der Waals surface area contributed by atoms with E-state index in [9.17, 15) is 9.59 Å². The summed E-state index contributed by atoms with van der Waals surface area (Å²) in [6, 6.07) is 3.46. The number of carbonyl (C=O) groups is 2. The summed E-state index contributed by atoms with van der Waals surface area (Å²) in [5.41, 5.74) is 2.98. The van der Waals surface area contributed by atoms with E-state index in [0.717, 1.165) is 17.8 Å². The Kier molecular flexibility index (Phi) is 6.73. The molecule has 0 bridgehead atoms. The lowest BCUT2D eigenvalue weighted by atomic mass is 10.2. The van der Waals surface area contributed by atoms with Crippen molar-refractivity contribution in [2.75, 3.05) is 28.4 Å². The van der Waals surface area contributed by atoms with Crippen LogP contribution in [0, 0.1) is 0 Å². The van der Waals surface area contributed by atoms with Crippen molar-refractivity contribution in [3.63, 3.8) is 0 Å². The zero-order valence-corrected chi connectivity index (χ0v) is 15.5. The highest BCUT2D eigenvalue weighted by Gasteiger charge is 2.27. The largest absolute Gasteiger partial charge is 0.493 e. The van der Waals surface area contributed by atoms with Crippen molar-refractivity contribution < 1.29 is 28.5 Å². The zero-order valence-electron chi connectivity index (χ0n) is 14.7. The first-order valence-corrected chi connectivity index (χ1v) is 8.26. The fourth-order valence-corrected chi connectivity index (χ4v) is 2.94. The van der Waals surface area contributed by atoms with Gasteiger partial charge < -0.3 is 24.3 Å². The second-order valence-electron chi connectivity index (χ2n) is 4.85.